The van der Waals surface area contributed by atoms with Crippen LogP contribution < -0.4 is 19.7 Å². The lowest BCUT2D eigenvalue weighted by Gasteiger charge is -2.36. The molecule has 7 nitrogen and oxygen atoms in total. The molecule has 2 aliphatic heterocycles. The van der Waals surface area contributed by atoms with Crippen LogP contribution in [0, 0.1) is 0 Å². The quantitative estimate of drug-likeness (QED) is 0.504. The summed E-state index contributed by atoms with van der Waals surface area (Å²) < 4.78 is 10.9. The van der Waals surface area contributed by atoms with Gasteiger partial charge in [0.25, 0.3) is 0 Å². The first kappa shape index (κ1) is 23.9. The number of halogens is 1. The molecule has 8 heteroatoms. The van der Waals surface area contributed by atoms with Crippen LogP contribution in [0.15, 0.2) is 42.5 Å². The number of anilines is 2. The summed E-state index contributed by atoms with van der Waals surface area (Å²) in [7, 11) is 1.70. The number of para-hydroxylation sites is 2. The Bertz CT molecular complexity index is 945. The molecule has 1 amide bonds. The van der Waals surface area contributed by atoms with Gasteiger partial charge in [-0.25, -0.2) is 0 Å². The first-order valence-electron chi connectivity index (χ1n) is 10.9. The fraction of sp³-hybridized carbons (Fsp3) is 0.417. The summed E-state index contributed by atoms with van der Waals surface area (Å²) in [5, 5.41) is 2.83. The molecule has 2 heterocycles. The van der Waals surface area contributed by atoms with Crippen LogP contribution in [0.3, 0.4) is 0 Å². The van der Waals surface area contributed by atoms with Gasteiger partial charge in [0.15, 0.2) is 0 Å². The SMILES string of the molecule is COc1ccccc1N1CCN(CCCC(=O)Oc2ccc3c(c2)NC(=O)CC3)CC1.Cl. The van der Waals surface area contributed by atoms with Crippen LogP contribution >= 0.6 is 12.4 Å². The second-order valence-electron chi connectivity index (χ2n) is 7.95. The number of aryl methyl sites for hydroxylation is 1. The van der Waals surface area contributed by atoms with Crippen LogP contribution in [-0.2, 0) is 16.0 Å². The second-order valence-corrected chi connectivity index (χ2v) is 7.95. The average Bonchev–Trinajstić information content (AvgIpc) is 2.79. The molecule has 0 radical (unpaired) electrons. The van der Waals surface area contributed by atoms with Crippen molar-refractivity contribution in [3.8, 4) is 11.5 Å². The number of ether oxygens (including phenoxy) is 2. The standard InChI is InChI=1S/C24H29N3O4.ClH/c1-30-22-6-3-2-5-21(22)27-15-13-26(14-16-27)12-4-7-24(29)31-19-10-8-18-9-11-23(28)25-20(18)17-19;/h2-3,5-6,8,10,17H,4,7,9,11-16H2,1H3,(H,25,28);1H. The Hall–Kier alpha value is -2.77. The highest BCUT2D eigenvalue weighted by atomic mass is 35.5. The molecule has 2 aromatic rings. The molecule has 0 unspecified atom stereocenters. The van der Waals surface area contributed by atoms with E-state index in [-0.39, 0.29) is 24.3 Å². The fourth-order valence-corrected chi connectivity index (χ4v) is 4.15. The van der Waals surface area contributed by atoms with Crippen LogP contribution in [0.2, 0.25) is 0 Å². The highest BCUT2D eigenvalue weighted by molar-refractivity contribution is 5.94. The van der Waals surface area contributed by atoms with E-state index in [0.717, 1.165) is 68.3 Å². The Morgan fingerprint density at radius 2 is 1.84 bits per heavy atom. The van der Waals surface area contributed by atoms with Gasteiger partial charge in [-0.15, -0.1) is 12.4 Å². The molecule has 0 spiro atoms. The number of amides is 1. The van der Waals surface area contributed by atoms with Crippen molar-refractivity contribution in [3.63, 3.8) is 0 Å². The Morgan fingerprint density at radius 1 is 1.06 bits per heavy atom. The summed E-state index contributed by atoms with van der Waals surface area (Å²) in [5.41, 5.74) is 2.95. The van der Waals surface area contributed by atoms with Crippen molar-refractivity contribution in [2.45, 2.75) is 25.7 Å². The van der Waals surface area contributed by atoms with E-state index in [4.69, 9.17) is 9.47 Å². The Labute approximate surface area is 195 Å². The van der Waals surface area contributed by atoms with Crippen molar-refractivity contribution in [2.24, 2.45) is 0 Å². The Morgan fingerprint density at radius 3 is 2.62 bits per heavy atom. The number of nitrogens with one attached hydrogen (secondary N) is 1. The largest absolute Gasteiger partial charge is 0.495 e. The summed E-state index contributed by atoms with van der Waals surface area (Å²) in [5.74, 6) is 1.15. The third kappa shape index (κ3) is 5.93. The van der Waals surface area contributed by atoms with Crippen molar-refractivity contribution in [3.05, 3.63) is 48.0 Å². The molecule has 4 rings (SSSR count). The maximum atomic E-state index is 12.2. The van der Waals surface area contributed by atoms with Crippen molar-refractivity contribution in [2.75, 3.05) is 50.1 Å². The number of nitrogens with zero attached hydrogens (tertiary/aromatic N) is 2. The summed E-state index contributed by atoms with van der Waals surface area (Å²) in [4.78, 5) is 28.5. The number of carbonyl (C=O) groups is 2. The third-order valence-corrected chi connectivity index (χ3v) is 5.86. The number of methoxy groups -OCH3 is 1. The molecule has 1 fully saturated rings. The molecule has 0 bridgehead atoms. The van der Waals surface area contributed by atoms with Gasteiger partial charge in [0, 0.05) is 50.8 Å². The molecule has 0 aromatic heterocycles. The smallest absolute Gasteiger partial charge is 0.311 e. The maximum Gasteiger partial charge on any atom is 0.311 e. The number of carbonyl (C=O) groups excluding carboxylic acids is 2. The average molecular weight is 460 g/mol. The zero-order valence-corrected chi connectivity index (χ0v) is 19.2. The molecule has 2 aliphatic rings. The first-order chi connectivity index (χ1) is 15.1. The molecule has 172 valence electrons. The van der Waals surface area contributed by atoms with Crippen molar-refractivity contribution >= 4 is 35.7 Å². The summed E-state index contributed by atoms with van der Waals surface area (Å²) in [6.45, 7) is 4.65. The van der Waals surface area contributed by atoms with Crippen LogP contribution in [-0.4, -0.2) is 56.6 Å². The van der Waals surface area contributed by atoms with E-state index in [1.54, 1.807) is 19.2 Å². The number of esters is 1. The van der Waals surface area contributed by atoms with Gasteiger partial charge in [-0.1, -0.05) is 18.2 Å². The molecule has 1 N–H and O–H groups in total. The lowest BCUT2D eigenvalue weighted by Crippen LogP contribution is -2.46. The van der Waals surface area contributed by atoms with Crippen molar-refractivity contribution < 1.29 is 19.1 Å². The predicted molar refractivity (Wildman–Crippen MR) is 127 cm³/mol. The maximum absolute atomic E-state index is 12.2. The lowest BCUT2D eigenvalue weighted by atomic mass is 10.0. The minimum absolute atomic E-state index is 0. The molecule has 0 aliphatic carbocycles. The van der Waals surface area contributed by atoms with Crippen molar-refractivity contribution in [1.29, 1.82) is 0 Å². The topological polar surface area (TPSA) is 71.1 Å². The highest BCUT2D eigenvalue weighted by Gasteiger charge is 2.20. The van der Waals surface area contributed by atoms with Gasteiger partial charge in [0.2, 0.25) is 5.91 Å². The van der Waals surface area contributed by atoms with Crippen molar-refractivity contribution in [1.82, 2.24) is 4.90 Å². The molecular weight excluding hydrogens is 430 g/mol. The number of hydrogen-bond donors (Lipinski definition) is 1. The number of hydrogen-bond acceptors (Lipinski definition) is 6. The van der Waals surface area contributed by atoms with Gasteiger partial charge >= 0.3 is 5.97 Å². The number of benzene rings is 2. The van der Waals surface area contributed by atoms with E-state index in [2.05, 4.69) is 21.2 Å². The fourth-order valence-electron chi connectivity index (χ4n) is 4.15. The van der Waals surface area contributed by atoms with Gasteiger partial charge in [0.1, 0.15) is 11.5 Å². The third-order valence-electron chi connectivity index (χ3n) is 5.86. The number of fused-ring (bicyclic) bond motifs is 1. The second kappa shape index (κ2) is 11.2. The van der Waals surface area contributed by atoms with E-state index in [0.29, 0.717) is 18.6 Å². The number of piperazine rings is 1. The minimum atomic E-state index is -0.241. The van der Waals surface area contributed by atoms with Crippen LogP contribution in [0.1, 0.15) is 24.8 Å². The zero-order valence-electron chi connectivity index (χ0n) is 18.3. The summed E-state index contributed by atoms with van der Waals surface area (Å²) >= 11 is 0. The van der Waals surface area contributed by atoms with Crippen LogP contribution in [0.5, 0.6) is 11.5 Å². The summed E-state index contributed by atoms with van der Waals surface area (Å²) in [6, 6.07) is 13.6. The summed E-state index contributed by atoms with van der Waals surface area (Å²) in [6.07, 6.45) is 2.35. The van der Waals surface area contributed by atoms with Gasteiger partial charge in [0.05, 0.1) is 12.8 Å². The molecule has 0 atom stereocenters. The number of rotatable bonds is 7. The van der Waals surface area contributed by atoms with Gasteiger partial charge in [-0.3, -0.25) is 14.5 Å². The zero-order chi connectivity index (χ0) is 21.6. The first-order valence-corrected chi connectivity index (χ1v) is 10.9. The lowest BCUT2D eigenvalue weighted by molar-refractivity contribution is -0.134. The van der Waals surface area contributed by atoms with E-state index in [9.17, 15) is 9.59 Å². The van der Waals surface area contributed by atoms with E-state index >= 15 is 0 Å². The van der Waals surface area contributed by atoms with Crippen LogP contribution in [0.4, 0.5) is 11.4 Å². The Balaban J connectivity index is 0.00000289. The monoisotopic (exact) mass is 459 g/mol. The molecule has 0 saturated carbocycles. The van der Waals surface area contributed by atoms with E-state index < -0.39 is 0 Å². The van der Waals surface area contributed by atoms with Crippen LogP contribution in [0.25, 0.3) is 0 Å². The molecule has 1 saturated heterocycles. The Kier molecular flexibility index (Phi) is 8.36. The van der Waals surface area contributed by atoms with E-state index in [1.165, 1.54) is 0 Å². The highest BCUT2D eigenvalue weighted by Crippen LogP contribution is 2.29. The van der Waals surface area contributed by atoms with Gasteiger partial charge in [-0.2, -0.15) is 0 Å². The van der Waals surface area contributed by atoms with E-state index in [1.807, 2.05) is 24.3 Å². The normalized spacial score (nSPS) is 15.9. The molecule has 32 heavy (non-hydrogen) atoms. The predicted octanol–water partition coefficient (Wildman–Crippen LogP) is 3.51. The molecular formula is C24H30ClN3O4. The minimum Gasteiger partial charge on any atom is -0.495 e. The van der Waals surface area contributed by atoms with Gasteiger partial charge in [-0.05, 0) is 43.1 Å². The van der Waals surface area contributed by atoms with Gasteiger partial charge < -0.3 is 19.7 Å². The molecule has 2 aromatic carbocycles.